The van der Waals surface area contributed by atoms with Crippen LogP contribution in [0, 0.1) is 27.7 Å². The summed E-state index contributed by atoms with van der Waals surface area (Å²) in [5.74, 6) is 0.317. The van der Waals surface area contributed by atoms with Gasteiger partial charge in [-0.3, -0.25) is 19.9 Å². The number of hydrogen-bond donors (Lipinski definition) is 0. The van der Waals surface area contributed by atoms with E-state index >= 15 is 0 Å². The Morgan fingerprint density at radius 1 is 0.258 bits per heavy atom. The Balaban J connectivity index is 0.000000201. The van der Waals surface area contributed by atoms with E-state index in [-0.39, 0.29) is 65.1 Å². The van der Waals surface area contributed by atoms with Crippen LogP contribution in [0.2, 0.25) is 0 Å². The number of aromatic nitrogens is 4. The molecule has 4 heterocycles. The fourth-order valence-corrected chi connectivity index (χ4v) is 5.51. The summed E-state index contributed by atoms with van der Waals surface area (Å²) >= 11 is 0. The van der Waals surface area contributed by atoms with E-state index in [4.69, 9.17) is 0 Å². The Kier molecular flexibility index (Phi) is 20.9. The SMILES string of the molecule is Cc1ccc([O-])cc1.Cc1ccc([O-])cc1.Cc1ccc([O-])cc1.Cc1ccc([O-])cc1.[Pt+2].[Pt+2].c1cnc2c(c1)ccc1cccnc12.c1cnc2c(c1)ccc1cccnc12. The van der Waals surface area contributed by atoms with Gasteiger partial charge >= 0.3 is 42.1 Å². The van der Waals surface area contributed by atoms with Gasteiger partial charge in [0.25, 0.3) is 0 Å². The number of rotatable bonds is 0. The Hall–Kier alpha value is -6.46. The monoisotopic (exact) mass is 1180 g/mol. The van der Waals surface area contributed by atoms with Gasteiger partial charge in [0, 0.05) is 46.3 Å². The molecule has 0 unspecified atom stereocenters. The van der Waals surface area contributed by atoms with Gasteiger partial charge in [-0.25, -0.2) is 0 Å². The quantitative estimate of drug-likeness (QED) is 0.137. The van der Waals surface area contributed by atoms with Gasteiger partial charge in [-0.1, -0.05) is 168 Å². The van der Waals surface area contributed by atoms with Crippen LogP contribution in [0.4, 0.5) is 0 Å². The van der Waals surface area contributed by atoms with Crippen molar-refractivity contribution >= 4 is 43.6 Å². The average Bonchev–Trinajstić information content (AvgIpc) is 3.29. The second-order valence-corrected chi connectivity index (χ2v) is 13.7. The van der Waals surface area contributed by atoms with Crippen molar-refractivity contribution in [2.24, 2.45) is 0 Å². The first-order valence-electron chi connectivity index (χ1n) is 19.2. The molecule has 10 aromatic rings. The summed E-state index contributed by atoms with van der Waals surface area (Å²) in [5.41, 5.74) is 8.43. The number of benzene rings is 6. The van der Waals surface area contributed by atoms with Crippen molar-refractivity contribution in [3.63, 3.8) is 0 Å². The minimum Gasteiger partial charge on any atom is -0.872 e. The second-order valence-electron chi connectivity index (χ2n) is 13.7. The topological polar surface area (TPSA) is 144 Å². The van der Waals surface area contributed by atoms with Gasteiger partial charge < -0.3 is 20.4 Å². The molecule has 0 spiro atoms. The summed E-state index contributed by atoms with van der Waals surface area (Å²) in [6.07, 6.45) is 7.21. The predicted octanol–water partition coefficient (Wildman–Crippen LogP) is 9.84. The molecule has 0 aliphatic rings. The predicted molar refractivity (Wildman–Crippen MR) is 237 cm³/mol. The van der Waals surface area contributed by atoms with E-state index in [1.807, 2.05) is 100 Å². The van der Waals surface area contributed by atoms with E-state index in [1.54, 1.807) is 73.3 Å². The maximum atomic E-state index is 10.4. The zero-order chi connectivity index (χ0) is 42.7. The molecule has 0 N–H and O–H groups in total. The molecule has 0 saturated carbocycles. The largest absolute Gasteiger partial charge is 2.00 e. The minimum absolute atomic E-state index is 0. The van der Waals surface area contributed by atoms with Crippen LogP contribution in [0.25, 0.3) is 43.6 Å². The van der Waals surface area contributed by atoms with E-state index in [9.17, 15) is 20.4 Å². The molecular formula is C52H44N4O4Pt2. The summed E-state index contributed by atoms with van der Waals surface area (Å²) < 4.78 is 0. The number of nitrogens with zero attached hydrogens (tertiary/aromatic N) is 4. The van der Waals surface area contributed by atoms with Crippen LogP contribution >= 0.6 is 0 Å². The third-order valence-electron chi connectivity index (χ3n) is 8.77. The number of pyridine rings is 4. The summed E-state index contributed by atoms with van der Waals surface area (Å²) in [6.45, 7) is 7.83. The molecule has 62 heavy (non-hydrogen) atoms. The average molecular weight is 1180 g/mol. The molecule has 0 amide bonds. The van der Waals surface area contributed by atoms with E-state index in [0.717, 1.165) is 65.9 Å². The summed E-state index contributed by atoms with van der Waals surface area (Å²) in [7, 11) is 0. The van der Waals surface area contributed by atoms with Crippen molar-refractivity contribution in [3.05, 3.63) is 217 Å². The number of hydrogen-bond acceptors (Lipinski definition) is 8. The Morgan fingerprint density at radius 3 is 0.597 bits per heavy atom. The first-order chi connectivity index (χ1) is 29.0. The van der Waals surface area contributed by atoms with E-state index < -0.39 is 0 Å². The van der Waals surface area contributed by atoms with Crippen molar-refractivity contribution in [3.8, 4) is 23.0 Å². The fraction of sp³-hybridized carbons (Fsp3) is 0.0769. The first kappa shape index (κ1) is 49.9. The molecule has 0 bridgehead atoms. The van der Waals surface area contributed by atoms with Crippen molar-refractivity contribution in [1.82, 2.24) is 19.9 Å². The van der Waals surface area contributed by atoms with Crippen LogP contribution < -0.4 is 20.4 Å². The van der Waals surface area contributed by atoms with Crippen LogP contribution in [0.3, 0.4) is 0 Å². The molecule has 10 rings (SSSR count). The maximum Gasteiger partial charge on any atom is 2.00 e. The standard InChI is InChI=1S/2C12H8N2.4C7H8O.2Pt/c2*1-3-9-5-6-10-4-2-8-14-12(10)11(9)13-7-1;4*1-6-2-4-7(8)5-3-6;;/h2*1-8H;4*2-5,8H,1H3;;/q;;;;;;2*+2/p-4. The fourth-order valence-electron chi connectivity index (χ4n) is 5.51. The molecule has 8 nitrogen and oxygen atoms in total. The molecular weight excluding hydrogens is 1130 g/mol. The molecule has 0 radical (unpaired) electrons. The maximum absolute atomic E-state index is 10.4. The molecule has 6 aromatic carbocycles. The van der Waals surface area contributed by atoms with E-state index in [2.05, 4.69) is 68.5 Å². The van der Waals surface area contributed by atoms with Crippen LogP contribution in [0.15, 0.2) is 195 Å². The van der Waals surface area contributed by atoms with Gasteiger partial charge in [0.15, 0.2) is 0 Å². The van der Waals surface area contributed by atoms with Crippen LogP contribution in [0.1, 0.15) is 22.3 Å². The van der Waals surface area contributed by atoms with Crippen LogP contribution in [0.5, 0.6) is 23.0 Å². The van der Waals surface area contributed by atoms with Crippen molar-refractivity contribution in [2.45, 2.75) is 27.7 Å². The molecule has 0 atom stereocenters. The van der Waals surface area contributed by atoms with Gasteiger partial charge in [0.2, 0.25) is 0 Å². The second kappa shape index (κ2) is 26.0. The van der Waals surface area contributed by atoms with Crippen LogP contribution in [-0.4, -0.2) is 19.9 Å². The zero-order valence-electron chi connectivity index (χ0n) is 34.5. The van der Waals surface area contributed by atoms with Gasteiger partial charge in [-0.05, 0) is 52.0 Å². The van der Waals surface area contributed by atoms with E-state index in [1.165, 1.54) is 0 Å². The van der Waals surface area contributed by atoms with Crippen LogP contribution in [-0.2, 0) is 42.1 Å². The van der Waals surface area contributed by atoms with Crippen molar-refractivity contribution in [1.29, 1.82) is 0 Å². The van der Waals surface area contributed by atoms with Gasteiger partial charge in [-0.2, -0.15) is 0 Å². The smallest absolute Gasteiger partial charge is 0.872 e. The molecule has 0 aliphatic carbocycles. The summed E-state index contributed by atoms with van der Waals surface area (Å²) in [6, 6.07) is 51.3. The van der Waals surface area contributed by atoms with Crippen molar-refractivity contribution in [2.75, 3.05) is 0 Å². The van der Waals surface area contributed by atoms with Gasteiger partial charge in [-0.15, -0.1) is 23.0 Å². The number of aryl methyl sites for hydroxylation is 4. The minimum atomic E-state index is 0. The summed E-state index contributed by atoms with van der Waals surface area (Å²) in [5, 5.41) is 46.2. The Bertz CT molecular complexity index is 2370. The summed E-state index contributed by atoms with van der Waals surface area (Å²) in [4.78, 5) is 17.4. The van der Waals surface area contributed by atoms with Gasteiger partial charge in [0.05, 0.1) is 22.1 Å². The third kappa shape index (κ3) is 16.2. The number of fused-ring (bicyclic) bond motifs is 6. The molecule has 4 aromatic heterocycles. The molecule has 316 valence electrons. The van der Waals surface area contributed by atoms with Gasteiger partial charge in [0.1, 0.15) is 0 Å². The molecule has 0 aliphatic heterocycles. The third-order valence-corrected chi connectivity index (χ3v) is 8.77. The Labute approximate surface area is 391 Å². The first-order valence-corrected chi connectivity index (χ1v) is 19.2. The molecule has 0 saturated heterocycles. The molecule has 10 heteroatoms. The zero-order valence-corrected chi connectivity index (χ0v) is 39.1. The van der Waals surface area contributed by atoms with E-state index in [0.29, 0.717) is 0 Å². The Morgan fingerprint density at radius 2 is 0.435 bits per heavy atom. The normalized spacial score (nSPS) is 9.61. The molecule has 0 fully saturated rings. The van der Waals surface area contributed by atoms with Crippen molar-refractivity contribution < 1.29 is 62.6 Å².